The second-order valence-electron chi connectivity index (χ2n) is 5.16. The number of hydrogen-bond acceptors (Lipinski definition) is 3. The molecule has 0 saturated heterocycles. The lowest BCUT2D eigenvalue weighted by Gasteiger charge is -2.26. The highest BCUT2D eigenvalue weighted by molar-refractivity contribution is 7.80. The molecule has 0 aromatic heterocycles. The van der Waals surface area contributed by atoms with E-state index in [1.807, 2.05) is 0 Å². The van der Waals surface area contributed by atoms with Crippen LogP contribution in [-0.4, -0.2) is 5.97 Å². The second-order valence-corrected chi connectivity index (χ2v) is 5.64. The van der Waals surface area contributed by atoms with Crippen molar-refractivity contribution in [3.63, 3.8) is 0 Å². The van der Waals surface area contributed by atoms with Crippen LogP contribution < -0.4 is 4.74 Å². The van der Waals surface area contributed by atoms with Crippen molar-refractivity contribution < 1.29 is 13.9 Å². The molecule has 0 radical (unpaired) electrons. The maximum absolute atomic E-state index is 13.3. The number of rotatable bonds is 3. The third kappa shape index (κ3) is 3.72. The molecule has 1 aromatic carbocycles. The summed E-state index contributed by atoms with van der Waals surface area (Å²) in [6.45, 7) is 2.19. The van der Waals surface area contributed by atoms with Gasteiger partial charge in [-0.15, -0.1) is 12.6 Å². The molecule has 104 valence electrons. The zero-order valence-corrected chi connectivity index (χ0v) is 12.0. The Morgan fingerprint density at radius 1 is 1.37 bits per heavy atom. The van der Waals surface area contributed by atoms with Crippen molar-refractivity contribution in [2.45, 2.75) is 43.9 Å². The van der Waals surface area contributed by atoms with Gasteiger partial charge in [0.25, 0.3) is 0 Å². The number of hydrogen-bond donors (Lipinski definition) is 1. The van der Waals surface area contributed by atoms with Crippen LogP contribution in [0.15, 0.2) is 23.1 Å². The Bertz CT molecular complexity index is 453. The first kappa shape index (κ1) is 14.4. The minimum atomic E-state index is -0.469. The number of thiol groups is 1. The highest BCUT2D eigenvalue weighted by atomic mass is 32.1. The fraction of sp³-hybridized carbons (Fsp3) is 0.533. The molecule has 0 heterocycles. The van der Waals surface area contributed by atoms with Crippen LogP contribution in [0, 0.1) is 17.7 Å². The number of benzene rings is 1. The molecule has 1 fully saturated rings. The standard InChI is InChI=1S/C15H19FO2S/c1-2-10-3-5-11(6-4-10)15(17)18-12-7-8-14(19)13(16)9-12/h7-11,19H,2-6H2,1H3. The Labute approximate surface area is 118 Å². The zero-order chi connectivity index (χ0) is 13.8. The smallest absolute Gasteiger partial charge is 0.314 e. The van der Waals surface area contributed by atoms with Gasteiger partial charge in [-0.25, -0.2) is 4.39 Å². The van der Waals surface area contributed by atoms with Crippen molar-refractivity contribution in [2.24, 2.45) is 11.8 Å². The average molecular weight is 282 g/mol. The fourth-order valence-corrected chi connectivity index (χ4v) is 2.70. The molecule has 0 aliphatic heterocycles. The van der Waals surface area contributed by atoms with Crippen molar-refractivity contribution in [1.29, 1.82) is 0 Å². The zero-order valence-electron chi connectivity index (χ0n) is 11.1. The van der Waals surface area contributed by atoms with Crippen molar-refractivity contribution in [1.82, 2.24) is 0 Å². The van der Waals surface area contributed by atoms with E-state index in [1.54, 1.807) is 6.07 Å². The molecular formula is C15H19FO2S. The summed E-state index contributed by atoms with van der Waals surface area (Å²) >= 11 is 3.94. The summed E-state index contributed by atoms with van der Waals surface area (Å²) in [5.74, 6) is 0.258. The van der Waals surface area contributed by atoms with Crippen molar-refractivity contribution in [2.75, 3.05) is 0 Å². The lowest BCUT2D eigenvalue weighted by molar-refractivity contribution is -0.140. The monoisotopic (exact) mass is 282 g/mol. The molecule has 4 heteroatoms. The van der Waals surface area contributed by atoms with Gasteiger partial charge in [-0.3, -0.25) is 4.79 Å². The molecule has 2 nitrogen and oxygen atoms in total. The molecule has 1 aliphatic rings. The summed E-state index contributed by atoms with van der Waals surface area (Å²) in [7, 11) is 0. The van der Waals surface area contributed by atoms with Crippen LogP contribution in [0.25, 0.3) is 0 Å². The molecular weight excluding hydrogens is 263 g/mol. The molecule has 1 saturated carbocycles. The highest BCUT2D eigenvalue weighted by Crippen LogP contribution is 2.31. The van der Waals surface area contributed by atoms with Crippen LogP contribution in [0.1, 0.15) is 39.0 Å². The van der Waals surface area contributed by atoms with Crippen molar-refractivity contribution in [3.8, 4) is 5.75 Å². The number of carbonyl (C=O) groups excluding carboxylic acids is 1. The van der Waals surface area contributed by atoms with E-state index in [-0.39, 0.29) is 22.5 Å². The highest BCUT2D eigenvalue weighted by Gasteiger charge is 2.27. The van der Waals surface area contributed by atoms with Gasteiger partial charge in [-0.1, -0.05) is 13.3 Å². The predicted octanol–water partition coefficient (Wildman–Crippen LogP) is 4.24. The van der Waals surface area contributed by atoms with Crippen LogP contribution in [0.2, 0.25) is 0 Å². The third-order valence-corrected chi connectivity index (χ3v) is 4.26. The average Bonchev–Trinajstić information content (AvgIpc) is 2.43. The molecule has 1 aromatic rings. The minimum absolute atomic E-state index is 0.0402. The van der Waals surface area contributed by atoms with E-state index in [0.717, 1.165) is 31.6 Å². The molecule has 0 amide bonds. The maximum atomic E-state index is 13.3. The van der Waals surface area contributed by atoms with E-state index in [0.29, 0.717) is 0 Å². The van der Waals surface area contributed by atoms with Crippen LogP contribution in [0.3, 0.4) is 0 Å². The Kier molecular flexibility index (Phi) is 4.86. The molecule has 19 heavy (non-hydrogen) atoms. The fourth-order valence-electron chi connectivity index (χ4n) is 2.56. The van der Waals surface area contributed by atoms with Crippen LogP contribution in [-0.2, 0) is 4.79 Å². The summed E-state index contributed by atoms with van der Waals surface area (Å²) in [6.07, 6.45) is 5.10. The molecule has 1 aliphatic carbocycles. The van der Waals surface area contributed by atoms with Gasteiger partial charge >= 0.3 is 5.97 Å². The largest absolute Gasteiger partial charge is 0.426 e. The van der Waals surface area contributed by atoms with E-state index in [2.05, 4.69) is 19.6 Å². The summed E-state index contributed by atoms with van der Waals surface area (Å²) in [5.41, 5.74) is 0. The number of halogens is 1. The van der Waals surface area contributed by atoms with Gasteiger partial charge in [-0.05, 0) is 43.7 Å². The number of ether oxygens (including phenoxy) is 1. The first-order valence-electron chi connectivity index (χ1n) is 6.80. The molecule has 0 atom stereocenters. The predicted molar refractivity (Wildman–Crippen MR) is 75.0 cm³/mol. The number of carbonyl (C=O) groups is 1. The van der Waals surface area contributed by atoms with Gasteiger partial charge in [0.1, 0.15) is 11.6 Å². The SMILES string of the molecule is CCC1CCC(C(=O)Oc2ccc(S)c(F)c2)CC1. The second kappa shape index (κ2) is 6.42. The summed E-state index contributed by atoms with van der Waals surface area (Å²) in [5, 5.41) is 0. The summed E-state index contributed by atoms with van der Waals surface area (Å²) in [6, 6.07) is 4.27. The van der Waals surface area contributed by atoms with Gasteiger partial charge in [0.05, 0.1) is 5.92 Å². The minimum Gasteiger partial charge on any atom is -0.426 e. The van der Waals surface area contributed by atoms with E-state index in [9.17, 15) is 9.18 Å². The van der Waals surface area contributed by atoms with Crippen LogP contribution in [0.5, 0.6) is 5.75 Å². The number of esters is 1. The molecule has 0 bridgehead atoms. The lowest BCUT2D eigenvalue weighted by atomic mass is 9.81. The molecule has 0 N–H and O–H groups in total. The van der Waals surface area contributed by atoms with Crippen molar-refractivity contribution >= 4 is 18.6 Å². The van der Waals surface area contributed by atoms with E-state index < -0.39 is 5.82 Å². The Morgan fingerprint density at radius 2 is 2.05 bits per heavy atom. The summed E-state index contributed by atoms with van der Waals surface area (Å²) < 4.78 is 18.5. The summed E-state index contributed by atoms with van der Waals surface area (Å²) in [4.78, 5) is 12.2. The normalized spacial score (nSPS) is 23.1. The lowest BCUT2D eigenvalue weighted by Crippen LogP contribution is -2.25. The Balaban J connectivity index is 1.92. The maximum Gasteiger partial charge on any atom is 0.314 e. The van der Waals surface area contributed by atoms with Crippen LogP contribution in [0.4, 0.5) is 4.39 Å². The van der Waals surface area contributed by atoms with Gasteiger partial charge in [-0.2, -0.15) is 0 Å². The van der Waals surface area contributed by atoms with Gasteiger partial charge in [0.15, 0.2) is 0 Å². The van der Waals surface area contributed by atoms with Crippen LogP contribution >= 0.6 is 12.6 Å². The Morgan fingerprint density at radius 3 is 2.63 bits per heavy atom. The topological polar surface area (TPSA) is 26.3 Å². The Hall–Kier alpha value is -1.03. The molecule has 2 rings (SSSR count). The first-order chi connectivity index (χ1) is 9.10. The van der Waals surface area contributed by atoms with Gasteiger partial charge in [0, 0.05) is 11.0 Å². The van der Waals surface area contributed by atoms with E-state index >= 15 is 0 Å². The molecule has 0 unspecified atom stereocenters. The van der Waals surface area contributed by atoms with Gasteiger partial charge in [0.2, 0.25) is 0 Å². The first-order valence-corrected chi connectivity index (χ1v) is 7.25. The quantitative estimate of drug-likeness (QED) is 0.510. The third-order valence-electron chi connectivity index (χ3n) is 3.90. The van der Waals surface area contributed by atoms with Crippen molar-refractivity contribution in [3.05, 3.63) is 24.0 Å². The molecule has 0 spiro atoms. The van der Waals surface area contributed by atoms with E-state index in [4.69, 9.17) is 4.74 Å². The van der Waals surface area contributed by atoms with Gasteiger partial charge < -0.3 is 4.74 Å². The van der Waals surface area contributed by atoms with E-state index in [1.165, 1.54) is 18.6 Å².